The number of aliphatic imine (C=N–C) groups is 1. The highest BCUT2D eigenvalue weighted by atomic mass is 19.4. The molecule has 0 saturated heterocycles. The molecular formula is C21H20F4N4O4. The normalized spacial score (nSPS) is 25.5. The summed E-state index contributed by atoms with van der Waals surface area (Å²) in [5, 5.41) is 11.5. The number of benzene rings is 1. The fourth-order valence-electron chi connectivity index (χ4n) is 4.27. The van der Waals surface area contributed by atoms with Crippen molar-refractivity contribution >= 4 is 30.8 Å². The van der Waals surface area contributed by atoms with E-state index in [-0.39, 0.29) is 35.3 Å². The number of hydrogen-bond acceptors (Lipinski definition) is 6. The monoisotopic (exact) mass is 468 g/mol. The largest absolute Gasteiger partial charge is 0.483 e. The number of carbonyl (C=O) groups excluding carboxylic acids is 2. The highest BCUT2D eigenvalue weighted by Crippen LogP contribution is 2.57. The molecule has 0 aromatic heterocycles. The zero-order valence-corrected chi connectivity index (χ0v) is 17.6. The number of allylic oxidation sites excluding steroid dienone is 1. The van der Waals surface area contributed by atoms with E-state index < -0.39 is 42.1 Å². The van der Waals surface area contributed by atoms with Crippen LogP contribution in [0.4, 0.5) is 17.6 Å². The van der Waals surface area contributed by atoms with E-state index >= 15 is 0 Å². The van der Waals surface area contributed by atoms with Gasteiger partial charge in [-0.1, -0.05) is 18.2 Å². The first-order chi connectivity index (χ1) is 15.5. The Morgan fingerprint density at radius 1 is 1.30 bits per heavy atom. The number of hydrazone groups is 1. The molecule has 1 aliphatic carbocycles. The van der Waals surface area contributed by atoms with Crippen molar-refractivity contribution in [3.63, 3.8) is 0 Å². The Morgan fingerprint density at radius 2 is 1.94 bits per heavy atom. The van der Waals surface area contributed by atoms with Crippen molar-refractivity contribution < 1.29 is 37.1 Å². The van der Waals surface area contributed by atoms with Gasteiger partial charge in [0.1, 0.15) is 11.6 Å². The summed E-state index contributed by atoms with van der Waals surface area (Å²) in [6, 6.07) is 5.09. The lowest BCUT2D eigenvalue weighted by molar-refractivity contribution is -0.211. The Hall–Kier alpha value is -3.57. The first-order valence-corrected chi connectivity index (χ1v) is 9.76. The maximum Gasteiger partial charge on any atom is 0.399 e. The summed E-state index contributed by atoms with van der Waals surface area (Å²) in [6.45, 7) is 0.780. The van der Waals surface area contributed by atoms with Crippen molar-refractivity contribution in [3.05, 3.63) is 46.7 Å². The number of fused-ring (bicyclic) bond motifs is 2. The van der Waals surface area contributed by atoms with Gasteiger partial charge in [0.15, 0.2) is 6.29 Å². The van der Waals surface area contributed by atoms with Gasteiger partial charge in [-0.2, -0.15) is 17.6 Å². The number of amides is 1. The van der Waals surface area contributed by atoms with E-state index in [4.69, 9.17) is 9.90 Å². The van der Waals surface area contributed by atoms with Gasteiger partial charge < -0.3 is 10.0 Å². The molecule has 2 aliphatic heterocycles. The molecule has 0 saturated carbocycles. The summed E-state index contributed by atoms with van der Waals surface area (Å²) in [6.07, 6.45) is -4.36. The molecule has 1 amide bonds. The van der Waals surface area contributed by atoms with Crippen LogP contribution in [0.1, 0.15) is 40.5 Å². The van der Waals surface area contributed by atoms with E-state index in [1.165, 1.54) is 30.3 Å². The molecule has 0 radical (unpaired) electrons. The van der Waals surface area contributed by atoms with Crippen molar-refractivity contribution in [1.29, 1.82) is 0 Å². The molecule has 0 fully saturated rings. The first kappa shape index (κ1) is 24.1. The highest BCUT2D eigenvalue weighted by Gasteiger charge is 2.63. The van der Waals surface area contributed by atoms with Gasteiger partial charge in [0, 0.05) is 24.4 Å². The zero-order chi connectivity index (χ0) is 24.6. The molecular weight excluding hydrogens is 448 g/mol. The number of rotatable bonds is 3. The number of aldehydes is 1. The van der Waals surface area contributed by atoms with Gasteiger partial charge in [-0.25, -0.2) is 5.01 Å². The Balaban J connectivity index is 0.000000968. The standard InChI is InChI=1S/C20H18F4N4O2.CH2O2/c1-19(20(22,23)24)8-14(13-9-25-16-7-15(21)26-28(16)17(13)19)27(2)18(30)12-6-4-3-5-11(12)10-29;2-1-3/h3-6,9-10,14,16H,7-8H2,1-2H3;1H,(H,2,3). The Labute approximate surface area is 185 Å². The molecule has 1 aromatic carbocycles. The van der Waals surface area contributed by atoms with E-state index in [1.807, 2.05) is 0 Å². The third-order valence-electron chi connectivity index (χ3n) is 5.95. The van der Waals surface area contributed by atoms with Gasteiger partial charge in [0.2, 0.25) is 5.97 Å². The Kier molecular flexibility index (Phi) is 6.39. The van der Waals surface area contributed by atoms with Crippen LogP contribution < -0.4 is 0 Å². The van der Waals surface area contributed by atoms with Crippen molar-refractivity contribution in [3.8, 4) is 0 Å². The predicted octanol–water partition coefficient (Wildman–Crippen LogP) is 3.27. The SMILES string of the molecule is CN(C(=O)c1ccccc1C=O)C1CC(C)(C(F)(F)F)C2=C1C=NC1CC(F)=NN21.O=CO. The van der Waals surface area contributed by atoms with Crippen molar-refractivity contribution in [2.24, 2.45) is 15.5 Å². The summed E-state index contributed by atoms with van der Waals surface area (Å²) in [4.78, 5) is 38.0. The highest BCUT2D eigenvalue weighted by molar-refractivity contribution is 6.02. The maximum atomic E-state index is 14.2. The van der Waals surface area contributed by atoms with Crippen molar-refractivity contribution in [2.75, 3.05) is 7.05 Å². The smallest absolute Gasteiger partial charge is 0.399 e. The summed E-state index contributed by atoms with van der Waals surface area (Å²) in [5.74, 6) is -1.38. The minimum absolute atomic E-state index is 0.0913. The average molecular weight is 468 g/mol. The van der Waals surface area contributed by atoms with Crippen LogP contribution in [-0.2, 0) is 4.79 Å². The molecule has 0 bridgehead atoms. The minimum Gasteiger partial charge on any atom is -0.483 e. The molecule has 3 aliphatic rings. The second-order valence-electron chi connectivity index (χ2n) is 7.86. The van der Waals surface area contributed by atoms with Gasteiger partial charge >= 0.3 is 6.18 Å². The number of carbonyl (C=O) groups is 3. The fraction of sp³-hybridized carbons (Fsp3) is 0.381. The number of carboxylic acid groups (broad SMARTS) is 1. The summed E-state index contributed by atoms with van der Waals surface area (Å²) in [7, 11) is 1.38. The fourth-order valence-corrected chi connectivity index (χ4v) is 4.27. The molecule has 4 rings (SSSR count). The van der Waals surface area contributed by atoms with Gasteiger partial charge in [0.25, 0.3) is 12.4 Å². The minimum atomic E-state index is -4.66. The molecule has 176 valence electrons. The zero-order valence-electron chi connectivity index (χ0n) is 17.6. The number of hydrogen-bond donors (Lipinski definition) is 1. The van der Waals surface area contributed by atoms with Crippen LogP contribution in [0.25, 0.3) is 0 Å². The van der Waals surface area contributed by atoms with Gasteiger partial charge in [-0.05, 0) is 19.4 Å². The lowest BCUT2D eigenvalue weighted by Crippen LogP contribution is -2.43. The van der Waals surface area contributed by atoms with E-state index in [0.29, 0.717) is 6.29 Å². The van der Waals surface area contributed by atoms with Crippen LogP contribution in [0, 0.1) is 5.41 Å². The van der Waals surface area contributed by atoms with Crippen LogP contribution in [0.5, 0.6) is 0 Å². The van der Waals surface area contributed by atoms with E-state index in [2.05, 4.69) is 10.1 Å². The van der Waals surface area contributed by atoms with Crippen LogP contribution in [0.2, 0.25) is 0 Å². The van der Waals surface area contributed by atoms with Crippen molar-refractivity contribution in [2.45, 2.75) is 38.1 Å². The molecule has 3 unspecified atom stereocenters. The van der Waals surface area contributed by atoms with Crippen LogP contribution >= 0.6 is 0 Å². The lowest BCUT2D eigenvalue weighted by atomic mass is 9.85. The molecule has 3 atom stereocenters. The quantitative estimate of drug-likeness (QED) is 0.542. The molecule has 0 spiro atoms. The third kappa shape index (κ3) is 4.00. The summed E-state index contributed by atoms with van der Waals surface area (Å²) < 4.78 is 56.2. The molecule has 12 heteroatoms. The van der Waals surface area contributed by atoms with Gasteiger partial charge in [0.05, 0.1) is 23.7 Å². The molecule has 1 N–H and O–H groups in total. The summed E-state index contributed by atoms with van der Waals surface area (Å²) in [5.41, 5.74) is -2.12. The second-order valence-corrected chi connectivity index (χ2v) is 7.86. The molecule has 33 heavy (non-hydrogen) atoms. The third-order valence-corrected chi connectivity index (χ3v) is 5.95. The Morgan fingerprint density at radius 3 is 2.55 bits per heavy atom. The van der Waals surface area contributed by atoms with E-state index in [1.54, 1.807) is 12.1 Å². The van der Waals surface area contributed by atoms with Crippen molar-refractivity contribution in [1.82, 2.24) is 9.91 Å². The van der Waals surface area contributed by atoms with Crippen LogP contribution in [0.15, 0.2) is 45.6 Å². The number of halogens is 4. The average Bonchev–Trinajstić information content (AvgIpc) is 3.30. The molecule has 8 nitrogen and oxygen atoms in total. The summed E-state index contributed by atoms with van der Waals surface area (Å²) >= 11 is 0. The van der Waals surface area contributed by atoms with Gasteiger partial charge in [-0.15, -0.1) is 5.10 Å². The predicted molar refractivity (Wildman–Crippen MR) is 109 cm³/mol. The van der Waals surface area contributed by atoms with Gasteiger partial charge in [-0.3, -0.25) is 19.4 Å². The Bertz CT molecular complexity index is 1070. The van der Waals surface area contributed by atoms with E-state index in [9.17, 15) is 27.2 Å². The number of likely N-dealkylation sites (N-methyl/N-ethyl adjacent to an activating group) is 1. The van der Waals surface area contributed by atoms with Crippen LogP contribution in [-0.4, -0.2) is 71.3 Å². The molecule has 1 aromatic rings. The topological polar surface area (TPSA) is 103 Å². The lowest BCUT2D eigenvalue weighted by Gasteiger charge is -2.36. The van der Waals surface area contributed by atoms with E-state index in [0.717, 1.165) is 11.9 Å². The first-order valence-electron chi connectivity index (χ1n) is 9.76. The second kappa shape index (κ2) is 8.75. The number of nitrogens with zero attached hydrogens (tertiary/aromatic N) is 4. The number of alkyl halides is 3. The molecule has 2 heterocycles. The van der Waals surface area contributed by atoms with Crippen LogP contribution in [0.3, 0.4) is 0 Å². The maximum absolute atomic E-state index is 14.2.